The molecule has 0 N–H and O–H groups in total. The van der Waals surface area contributed by atoms with Crippen LogP contribution in [0.1, 0.15) is 0 Å². The lowest BCUT2D eigenvalue weighted by Crippen LogP contribution is -1.97. The average molecular weight is 520 g/mol. The van der Waals surface area contributed by atoms with E-state index >= 15 is 0 Å². The highest BCUT2D eigenvalue weighted by molar-refractivity contribution is 6.28. The van der Waals surface area contributed by atoms with Crippen LogP contribution in [0.25, 0.3) is 66.6 Å². The van der Waals surface area contributed by atoms with Crippen LogP contribution in [-0.4, -0.2) is 15.0 Å². The molecule has 1 heterocycles. The van der Waals surface area contributed by atoms with Gasteiger partial charge < -0.3 is 0 Å². The van der Waals surface area contributed by atoms with Crippen LogP contribution in [-0.2, 0) is 0 Å². The van der Waals surface area contributed by atoms with Crippen molar-refractivity contribution >= 4 is 33.1 Å². The smallest absolute Gasteiger partial charge is 0.208 e. The largest absolute Gasteiger partial charge is 0.226 e. The average Bonchev–Trinajstić information content (AvgIpc) is 3.00. The van der Waals surface area contributed by atoms with E-state index in [-0.39, 0.29) is 5.28 Å². The van der Waals surface area contributed by atoms with Crippen molar-refractivity contribution in [2.45, 2.75) is 0 Å². The van der Waals surface area contributed by atoms with Crippen LogP contribution in [0.2, 0.25) is 5.28 Å². The summed E-state index contributed by atoms with van der Waals surface area (Å²) in [7, 11) is 0. The minimum absolute atomic E-state index is 0.175. The van der Waals surface area contributed by atoms with Gasteiger partial charge in [0.1, 0.15) is 0 Å². The lowest BCUT2D eigenvalue weighted by molar-refractivity contribution is 1.07. The van der Waals surface area contributed by atoms with Crippen molar-refractivity contribution in [3.63, 3.8) is 0 Å². The van der Waals surface area contributed by atoms with E-state index in [1.165, 1.54) is 21.9 Å². The zero-order valence-corrected chi connectivity index (χ0v) is 21.7. The predicted molar refractivity (Wildman–Crippen MR) is 162 cm³/mol. The first-order valence-corrected chi connectivity index (χ1v) is 13.2. The van der Waals surface area contributed by atoms with Crippen LogP contribution in [0.4, 0.5) is 0 Å². The molecule has 0 spiro atoms. The highest BCUT2D eigenvalue weighted by Gasteiger charge is 2.11. The molecule has 39 heavy (non-hydrogen) atoms. The number of hydrogen-bond donors (Lipinski definition) is 0. The van der Waals surface area contributed by atoms with Crippen molar-refractivity contribution < 1.29 is 0 Å². The van der Waals surface area contributed by atoms with Crippen LogP contribution in [0.15, 0.2) is 133 Å². The first-order valence-electron chi connectivity index (χ1n) is 12.8. The molecule has 0 fully saturated rings. The molecule has 0 saturated heterocycles. The Morgan fingerprint density at radius 3 is 1.74 bits per heavy atom. The Labute approximate surface area is 231 Å². The molecule has 1 aromatic heterocycles. The maximum Gasteiger partial charge on any atom is 0.226 e. The topological polar surface area (TPSA) is 38.7 Å². The van der Waals surface area contributed by atoms with E-state index < -0.39 is 0 Å². The Kier molecular flexibility index (Phi) is 5.84. The van der Waals surface area contributed by atoms with Crippen molar-refractivity contribution in [2.24, 2.45) is 0 Å². The number of rotatable bonds is 4. The maximum absolute atomic E-state index is 6.37. The van der Waals surface area contributed by atoms with Crippen molar-refractivity contribution in [2.75, 3.05) is 0 Å². The van der Waals surface area contributed by atoms with Gasteiger partial charge in [-0.1, -0.05) is 121 Å². The summed E-state index contributed by atoms with van der Waals surface area (Å²) in [5, 5.41) is 4.93. The number of nitrogens with zero attached hydrogens (tertiary/aromatic N) is 3. The van der Waals surface area contributed by atoms with E-state index in [4.69, 9.17) is 16.6 Å². The van der Waals surface area contributed by atoms with Crippen LogP contribution in [0.5, 0.6) is 0 Å². The second-order valence-electron chi connectivity index (χ2n) is 9.50. The summed E-state index contributed by atoms with van der Waals surface area (Å²) in [5.74, 6) is 1.10. The Bertz CT molecular complexity index is 1960. The molecule has 7 aromatic rings. The fourth-order valence-corrected chi connectivity index (χ4v) is 5.24. The number of fused-ring (bicyclic) bond motifs is 2. The third kappa shape index (κ3) is 4.54. The van der Waals surface area contributed by atoms with Crippen molar-refractivity contribution in [1.29, 1.82) is 0 Å². The SMILES string of the molecule is Clc1nc(-c2ccc(-c3ccccc3)cc2)nc(-c2ccc3cc(-c4cccc5ccccc45)ccc3c2)n1. The molecule has 0 bridgehead atoms. The summed E-state index contributed by atoms with van der Waals surface area (Å²) in [6.07, 6.45) is 0. The van der Waals surface area contributed by atoms with E-state index in [9.17, 15) is 0 Å². The molecule has 0 unspecified atom stereocenters. The van der Waals surface area contributed by atoms with Gasteiger partial charge in [-0.25, -0.2) is 4.98 Å². The first-order chi connectivity index (χ1) is 19.2. The van der Waals surface area contributed by atoms with Crippen molar-refractivity contribution in [3.8, 4) is 45.0 Å². The van der Waals surface area contributed by atoms with Gasteiger partial charge in [0.2, 0.25) is 5.28 Å². The predicted octanol–water partition coefficient (Wildman–Crippen LogP) is 9.50. The van der Waals surface area contributed by atoms with Gasteiger partial charge in [-0.3, -0.25) is 0 Å². The van der Waals surface area contributed by atoms with Crippen molar-refractivity contribution in [1.82, 2.24) is 15.0 Å². The van der Waals surface area contributed by atoms with Gasteiger partial charge in [-0.15, -0.1) is 0 Å². The fourth-order valence-electron chi connectivity index (χ4n) is 5.08. The molecule has 0 radical (unpaired) electrons. The molecule has 4 heteroatoms. The van der Waals surface area contributed by atoms with E-state index in [0.717, 1.165) is 33.0 Å². The molecule has 7 rings (SSSR count). The summed E-state index contributed by atoms with van der Waals surface area (Å²) < 4.78 is 0. The van der Waals surface area contributed by atoms with E-state index in [1.54, 1.807) is 0 Å². The van der Waals surface area contributed by atoms with Crippen LogP contribution in [0, 0.1) is 0 Å². The summed E-state index contributed by atoms with van der Waals surface area (Å²) in [5.41, 5.74) is 6.51. The van der Waals surface area contributed by atoms with Gasteiger partial charge in [0, 0.05) is 11.1 Å². The lowest BCUT2D eigenvalue weighted by atomic mass is 9.96. The number of benzene rings is 6. The molecule has 0 aliphatic rings. The van der Waals surface area contributed by atoms with Crippen LogP contribution in [0.3, 0.4) is 0 Å². The highest BCUT2D eigenvalue weighted by Crippen LogP contribution is 2.32. The molecule has 0 aliphatic carbocycles. The van der Waals surface area contributed by atoms with Crippen molar-refractivity contribution in [3.05, 3.63) is 139 Å². The summed E-state index contributed by atoms with van der Waals surface area (Å²) in [4.78, 5) is 13.6. The Hall–Kier alpha value is -4.86. The standard InChI is InChI=1S/C35H22ClN3/c36-35-38-33(26-15-13-24(14-16-26)23-7-2-1-3-8-23)37-34(39-35)30-20-18-27-21-29(19-17-28(27)22-30)32-12-6-10-25-9-4-5-11-31(25)32/h1-22H. The normalized spacial score (nSPS) is 11.2. The zero-order chi connectivity index (χ0) is 26.2. The highest BCUT2D eigenvalue weighted by atomic mass is 35.5. The number of hydrogen-bond acceptors (Lipinski definition) is 3. The Balaban J connectivity index is 1.23. The molecule has 0 atom stereocenters. The van der Waals surface area contributed by atoms with Crippen LogP contribution >= 0.6 is 11.6 Å². The second kappa shape index (κ2) is 9.79. The summed E-state index contributed by atoms with van der Waals surface area (Å²) >= 11 is 6.37. The molecule has 0 aliphatic heterocycles. The molecule has 184 valence electrons. The summed E-state index contributed by atoms with van der Waals surface area (Å²) in [6.45, 7) is 0. The van der Waals surface area contributed by atoms with Gasteiger partial charge >= 0.3 is 0 Å². The number of aromatic nitrogens is 3. The quantitative estimate of drug-likeness (QED) is 0.232. The Morgan fingerprint density at radius 2 is 0.949 bits per heavy atom. The number of halogens is 1. The van der Waals surface area contributed by atoms with Gasteiger partial charge in [-0.2, -0.15) is 9.97 Å². The Morgan fingerprint density at radius 1 is 0.385 bits per heavy atom. The van der Waals surface area contributed by atoms with E-state index in [0.29, 0.717) is 11.6 Å². The monoisotopic (exact) mass is 519 g/mol. The molecule has 0 saturated carbocycles. The third-order valence-electron chi connectivity index (χ3n) is 7.06. The maximum atomic E-state index is 6.37. The van der Waals surface area contributed by atoms with Crippen LogP contribution < -0.4 is 0 Å². The van der Waals surface area contributed by atoms with Gasteiger partial charge in [0.25, 0.3) is 0 Å². The minimum atomic E-state index is 0.175. The minimum Gasteiger partial charge on any atom is -0.208 e. The fraction of sp³-hybridized carbons (Fsp3) is 0. The first kappa shape index (κ1) is 23.3. The van der Waals surface area contributed by atoms with Gasteiger partial charge in [-0.05, 0) is 67.5 Å². The van der Waals surface area contributed by atoms with E-state index in [2.05, 4.69) is 107 Å². The lowest BCUT2D eigenvalue weighted by Gasteiger charge is -2.10. The molecule has 6 aromatic carbocycles. The van der Waals surface area contributed by atoms with Gasteiger partial charge in [0.05, 0.1) is 0 Å². The second-order valence-corrected chi connectivity index (χ2v) is 9.84. The third-order valence-corrected chi connectivity index (χ3v) is 7.23. The van der Waals surface area contributed by atoms with Gasteiger partial charge in [0.15, 0.2) is 11.6 Å². The zero-order valence-electron chi connectivity index (χ0n) is 20.9. The summed E-state index contributed by atoms with van der Waals surface area (Å²) in [6, 6.07) is 46.2. The molecule has 3 nitrogen and oxygen atoms in total. The molecular weight excluding hydrogens is 498 g/mol. The van der Waals surface area contributed by atoms with E-state index in [1.807, 2.05) is 36.4 Å². The molecule has 0 amide bonds. The molecular formula is C35H22ClN3.